The van der Waals surface area contributed by atoms with Crippen LogP contribution in [0.1, 0.15) is 21.7 Å². The minimum atomic E-state index is -0.391. The number of aromatic nitrogens is 4. The fourth-order valence-corrected chi connectivity index (χ4v) is 3.19. The van der Waals surface area contributed by atoms with Crippen molar-refractivity contribution in [3.05, 3.63) is 94.1 Å². The molecule has 7 nitrogen and oxygen atoms in total. The van der Waals surface area contributed by atoms with Crippen molar-refractivity contribution in [2.45, 2.75) is 20.2 Å². The smallest absolute Gasteiger partial charge is 0.277 e. The van der Waals surface area contributed by atoms with Gasteiger partial charge in [0.25, 0.3) is 5.91 Å². The van der Waals surface area contributed by atoms with Gasteiger partial charge in [0.1, 0.15) is 11.6 Å². The Morgan fingerprint density at radius 2 is 1.90 bits per heavy atom. The molecule has 4 rings (SSSR count). The summed E-state index contributed by atoms with van der Waals surface area (Å²) in [6.45, 7) is 2.29. The Kier molecular flexibility index (Phi) is 6.13. The SMILES string of the molecule is Cc1cc(NC(=O)c2ccn(COc3ccc(Br)cc3)n2)nn1Cc1ccccc1F. The minimum absolute atomic E-state index is 0.172. The molecule has 0 saturated heterocycles. The Hall–Kier alpha value is -3.46. The summed E-state index contributed by atoms with van der Waals surface area (Å²) in [7, 11) is 0. The predicted molar refractivity (Wildman–Crippen MR) is 117 cm³/mol. The van der Waals surface area contributed by atoms with E-state index in [-0.39, 0.29) is 24.8 Å². The van der Waals surface area contributed by atoms with E-state index in [0.717, 1.165) is 10.2 Å². The second kappa shape index (κ2) is 9.13. The molecule has 158 valence electrons. The molecule has 0 bridgehead atoms. The number of carbonyl (C=O) groups excluding carboxylic acids is 1. The van der Waals surface area contributed by atoms with Crippen LogP contribution < -0.4 is 10.1 Å². The number of ether oxygens (including phenoxy) is 1. The van der Waals surface area contributed by atoms with Crippen molar-refractivity contribution in [1.82, 2.24) is 19.6 Å². The van der Waals surface area contributed by atoms with Crippen LogP contribution in [0.5, 0.6) is 5.75 Å². The van der Waals surface area contributed by atoms with E-state index in [1.165, 1.54) is 10.7 Å². The minimum Gasteiger partial charge on any atom is -0.471 e. The van der Waals surface area contributed by atoms with Gasteiger partial charge in [0.15, 0.2) is 18.2 Å². The summed E-state index contributed by atoms with van der Waals surface area (Å²) < 4.78 is 23.7. The van der Waals surface area contributed by atoms with Gasteiger partial charge in [-0.05, 0) is 43.3 Å². The number of rotatable bonds is 7. The molecule has 0 unspecified atom stereocenters. The van der Waals surface area contributed by atoms with E-state index in [1.54, 1.807) is 41.2 Å². The van der Waals surface area contributed by atoms with Crippen LogP contribution in [0.4, 0.5) is 10.2 Å². The van der Waals surface area contributed by atoms with Crippen LogP contribution in [0.25, 0.3) is 0 Å². The van der Waals surface area contributed by atoms with Crippen LogP contribution in [0, 0.1) is 12.7 Å². The third-order valence-corrected chi connectivity index (χ3v) is 5.08. The summed E-state index contributed by atoms with van der Waals surface area (Å²) in [6, 6.07) is 17.3. The molecule has 31 heavy (non-hydrogen) atoms. The molecule has 9 heteroatoms. The lowest BCUT2D eigenvalue weighted by Gasteiger charge is -2.06. The first-order valence-electron chi connectivity index (χ1n) is 9.49. The third kappa shape index (κ3) is 5.18. The van der Waals surface area contributed by atoms with Crippen molar-refractivity contribution >= 4 is 27.7 Å². The second-order valence-corrected chi connectivity index (χ2v) is 7.76. The molecular weight excluding hydrogens is 465 g/mol. The molecule has 1 N–H and O–H groups in total. The number of benzene rings is 2. The van der Waals surface area contributed by atoms with Crippen molar-refractivity contribution in [2.24, 2.45) is 0 Å². The summed E-state index contributed by atoms with van der Waals surface area (Å²) in [6.07, 6.45) is 1.66. The molecule has 0 aliphatic heterocycles. The fraction of sp³-hybridized carbons (Fsp3) is 0.136. The molecule has 0 spiro atoms. The number of anilines is 1. The van der Waals surface area contributed by atoms with Crippen LogP contribution in [-0.4, -0.2) is 25.5 Å². The van der Waals surface area contributed by atoms with E-state index in [2.05, 4.69) is 31.4 Å². The average Bonchev–Trinajstić information content (AvgIpc) is 3.36. The standard InChI is InChI=1S/C22H19BrFN5O2/c1-15-12-21(27-29(15)13-16-4-2-3-5-19(16)24)25-22(30)20-10-11-28(26-20)14-31-18-8-6-17(23)7-9-18/h2-12H,13-14H2,1H3,(H,25,27,30). The average molecular weight is 484 g/mol. The van der Waals surface area contributed by atoms with Crippen molar-refractivity contribution < 1.29 is 13.9 Å². The largest absolute Gasteiger partial charge is 0.471 e. The highest BCUT2D eigenvalue weighted by atomic mass is 79.9. The maximum Gasteiger partial charge on any atom is 0.277 e. The van der Waals surface area contributed by atoms with E-state index in [1.807, 2.05) is 31.2 Å². The van der Waals surface area contributed by atoms with Crippen LogP contribution in [0.15, 0.2) is 71.3 Å². The number of amides is 1. The number of aryl methyl sites for hydroxylation is 1. The lowest BCUT2D eigenvalue weighted by Crippen LogP contribution is -2.15. The predicted octanol–water partition coefficient (Wildman–Crippen LogP) is 4.63. The van der Waals surface area contributed by atoms with Crippen molar-refractivity contribution in [2.75, 3.05) is 5.32 Å². The van der Waals surface area contributed by atoms with Crippen LogP contribution in [0.2, 0.25) is 0 Å². The van der Waals surface area contributed by atoms with Gasteiger partial charge in [-0.25, -0.2) is 9.07 Å². The van der Waals surface area contributed by atoms with Gasteiger partial charge in [-0.1, -0.05) is 34.1 Å². The molecule has 2 aromatic carbocycles. The number of hydrogen-bond donors (Lipinski definition) is 1. The molecule has 1 amide bonds. The quantitative estimate of drug-likeness (QED) is 0.415. The van der Waals surface area contributed by atoms with Gasteiger partial charge in [-0.2, -0.15) is 10.2 Å². The third-order valence-electron chi connectivity index (χ3n) is 4.55. The Morgan fingerprint density at radius 3 is 2.68 bits per heavy atom. The maximum absolute atomic E-state index is 13.9. The van der Waals surface area contributed by atoms with Gasteiger partial charge in [0, 0.05) is 28.0 Å². The van der Waals surface area contributed by atoms with Crippen molar-refractivity contribution in [3.63, 3.8) is 0 Å². The number of nitrogens with zero attached hydrogens (tertiary/aromatic N) is 4. The van der Waals surface area contributed by atoms with E-state index in [9.17, 15) is 9.18 Å². The zero-order valence-electron chi connectivity index (χ0n) is 16.6. The number of nitrogens with one attached hydrogen (secondary N) is 1. The van der Waals surface area contributed by atoms with Gasteiger partial charge in [-0.3, -0.25) is 9.48 Å². The number of carbonyl (C=O) groups is 1. The van der Waals surface area contributed by atoms with Crippen LogP contribution in [-0.2, 0) is 13.3 Å². The summed E-state index contributed by atoms with van der Waals surface area (Å²) in [4.78, 5) is 12.5. The number of halogens is 2. The monoisotopic (exact) mass is 483 g/mol. The van der Waals surface area contributed by atoms with E-state index >= 15 is 0 Å². The van der Waals surface area contributed by atoms with E-state index in [0.29, 0.717) is 17.1 Å². The van der Waals surface area contributed by atoms with Crippen LogP contribution >= 0.6 is 15.9 Å². The highest BCUT2D eigenvalue weighted by Crippen LogP contribution is 2.17. The van der Waals surface area contributed by atoms with Gasteiger partial charge < -0.3 is 10.1 Å². The van der Waals surface area contributed by atoms with Crippen molar-refractivity contribution in [1.29, 1.82) is 0 Å². The van der Waals surface area contributed by atoms with Gasteiger partial charge in [0.05, 0.1) is 6.54 Å². The summed E-state index contributed by atoms with van der Waals surface area (Å²) in [5.74, 6) is 0.386. The first-order valence-corrected chi connectivity index (χ1v) is 10.3. The first kappa shape index (κ1) is 20.8. The zero-order valence-corrected chi connectivity index (χ0v) is 18.2. The molecular formula is C22H19BrFN5O2. The lowest BCUT2D eigenvalue weighted by atomic mass is 10.2. The Bertz CT molecular complexity index is 1200. The summed E-state index contributed by atoms with van der Waals surface area (Å²) in [5.41, 5.74) is 1.56. The van der Waals surface area contributed by atoms with Gasteiger partial charge >= 0.3 is 0 Å². The zero-order chi connectivity index (χ0) is 21.8. The summed E-state index contributed by atoms with van der Waals surface area (Å²) >= 11 is 3.37. The van der Waals surface area contributed by atoms with Gasteiger partial charge in [-0.15, -0.1) is 0 Å². The second-order valence-electron chi connectivity index (χ2n) is 6.84. The Balaban J connectivity index is 1.37. The molecule has 0 saturated carbocycles. The molecule has 0 aliphatic carbocycles. The highest BCUT2D eigenvalue weighted by Gasteiger charge is 2.14. The molecule has 0 atom stereocenters. The molecule has 0 fully saturated rings. The molecule has 0 radical (unpaired) electrons. The molecule has 2 heterocycles. The maximum atomic E-state index is 13.9. The number of hydrogen-bond acceptors (Lipinski definition) is 4. The van der Waals surface area contributed by atoms with Gasteiger partial charge in [0.2, 0.25) is 0 Å². The molecule has 4 aromatic rings. The van der Waals surface area contributed by atoms with E-state index in [4.69, 9.17) is 4.74 Å². The molecule has 2 aromatic heterocycles. The first-order chi connectivity index (χ1) is 15.0. The molecule has 0 aliphatic rings. The Labute approximate surface area is 186 Å². The normalized spacial score (nSPS) is 10.8. The van der Waals surface area contributed by atoms with Crippen molar-refractivity contribution in [3.8, 4) is 5.75 Å². The lowest BCUT2D eigenvalue weighted by molar-refractivity contribution is 0.101. The summed E-state index contributed by atoms with van der Waals surface area (Å²) in [5, 5.41) is 11.3. The van der Waals surface area contributed by atoms with E-state index < -0.39 is 5.91 Å². The fourth-order valence-electron chi connectivity index (χ4n) is 2.93. The topological polar surface area (TPSA) is 74.0 Å². The highest BCUT2D eigenvalue weighted by molar-refractivity contribution is 9.10. The Morgan fingerprint density at radius 1 is 1.13 bits per heavy atom. The van der Waals surface area contributed by atoms with Crippen LogP contribution in [0.3, 0.4) is 0 Å².